The van der Waals surface area contributed by atoms with Crippen molar-refractivity contribution in [2.24, 2.45) is 49.3 Å². The Morgan fingerprint density at radius 2 is 0.481 bits per heavy atom. The summed E-state index contributed by atoms with van der Waals surface area (Å²) < 4.78 is 29.7. The lowest BCUT2D eigenvalue weighted by Crippen LogP contribution is -1.86. The van der Waals surface area contributed by atoms with E-state index in [1.807, 2.05) is 81.5 Å². The third kappa shape index (κ3) is 12.8. The minimum Gasteiger partial charge on any atom is -0.344 e. The highest BCUT2D eigenvalue weighted by atomic mass is 32.1. The molecule has 9 nitrogen and oxygen atoms in total. The number of hydrogen-bond donors (Lipinski definition) is 0. The van der Waals surface area contributed by atoms with Crippen LogP contribution in [0.4, 0.5) is 0 Å². The zero-order valence-electron chi connectivity index (χ0n) is 74.0. The number of aromatic nitrogens is 9. The van der Waals surface area contributed by atoms with E-state index in [4.69, 9.17) is 0 Å². The van der Waals surface area contributed by atoms with Crippen LogP contribution in [-0.4, -0.2) is 41.9 Å². The second-order valence-corrected chi connectivity index (χ2v) is 39.9. The van der Waals surface area contributed by atoms with Crippen molar-refractivity contribution in [1.82, 2.24) is 41.9 Å². The van der Waals surface area contributed by atoms with E-state index in [1.54, 1.807) is 0 Å². The Morgan fingerprint density at radius 1 is 0.158 bits per heavy atom. The van der Waals surface area contributed by atoms with Gasteiger partial charge in [-0.05, 0) is 121 Å². The highest BCUT2D eigenvalue weighted by molar-refractivity contribution is 7.28. The number of para-hydroxylation sites is 7. The van der Waals surface area contributed by atoms with Crippen LogP contribution in [0, 0.1) is 0 Å². The van der Waals surface area contributed by atoms with Crippen LogP contribution < -0.4 is 0 Å². The Morgan fingerprint density at radius 3 is 1.06 bits per heavy atom. The molecule has 17 aromatic carbocycles. The maximum Gasteiger partial charge on any atom is 0.0675 e. The summed E-state index contributed by atoms with van der Waals surface area (Å²) in [6.45, 7) is 0. The Hall–Kier alpha value is -15.3. The van der Waals surface area contributed by atoms with Crippen molar-refractivity contribution >= 4 is 310 Å². The van der Waals surface area contributed by atoms with E-state index < -0.39 is 0 Å². The predicted octanol–water partition coefficient (Wildman–Crippen LogP) is 34.0. The molecule has 14 aromatic heterocycles. The minimum atomic E-state index is 1.19. The Labute approximate surface area is 783 Å². The lowest BCUT2D eigenvalue weighted by molar-refractivity contribution is 1.01. The molecule has 0 bridgehead atoms. The average molecular weight is 1800 g/mol. The van der Waals surface area contributed by atoms with Crippen LogP contribution >= 0.6 is 56.7 Å². The zero-order chi connectivity index (χ0) is 89.0. The SMILES string of the molecule is Cn1c2ccccc2c2c3c(ccc21)sc1ccccc13.Cn1c2ccccc2c2c3sc4ccccc4c3ccc21.Cn1c2ccccc2c2cc3sc4ccccc4c3cc21.Cn1c2ccccc2c2ccc3c4ccccc4sc3c21.Cn1c2ccccc2c2ccc3sc4ccccc4c3c21.Cn1c2ccccc2c2ccncc21.Cn1c2ccccc2c2cnccc21. The third-order valence-corrected chi connectivity index (χ3v) is 33.3. The second-order valence-electron chi connectivity index (χ2n) is 34.5. The molecule has 0 fully saturated rings. The predicted molar refractivity (Wildman–Crippen MR) is 583 cm³/mol. The number of thiophene rings is 5. The van der Waals surface area contributed by atoms with Crippen LogP contribution in [0.25, 0.3) is 254 Å². The third-order valence-electron chi connectivity index (χ3n) is 27.5. The number of nitrogens with zero attached hydrogens (tertiary/aromatic N) is 9. The van der Waals surface area contributed by atoms with Gasteiger partial charge in [-0.1, -0.05) is 243 Å². The lowest BCUT2D eigenvalue weighted by Gasteiger charge is -2.00. The number of aryl methyl sites for hydroxylation is 7. The molecule has 0 spiro atoms. The second kappa shape index (κ2) is 32.1. The largest absolute Gasteiger partial charge is 0.344 e. The number of fused-ring (bicyclic) bond motifs is 40. The van der Waals surface area contributed by atoms with Gasteiger partial charge in [-0.15, -0.1) is 56.7 Å². The first-order valence-corrected chi connectivity index (χ1v) is 49.0. The van der Waals surface area contributed by atoms with E-state index in [9.17, 15) is 0 Å². The minimum absolute atomic E-state index is 1.19. The molecular formula is C119H85N9S5. The van der Waals surface area contributed by atoms with E-state index in [1.165, 1.54) is 254 Å². The molecule has 14 heterocycles. The quantitative estimate of drug-likeness (QED) is 0.152. The van der Waals surface area contributed by atoms with E-state index >= 15 is 0 Å². The molecule has 0 radical (unpaired) electrons. The molecular weight excluding hydrogens is 1720 g/mol. The fourth-order valence-electron chi connectivity index (χ4n) is 21.2. The van der Waals surface area contributed by atoms with Crippen molar-refractivity contribution in [3.05, 3.63) is 389 Å². The maximum atomic E-state index is 4.16. The van der Waals surface area contributed by atoms with Gasteiger partial charge in [0.2, 0.25) is 0 Å². The molecule has 31 aromatic rings. The van der Waals surface area contributed by atoms with E-state index in [0.717, 1.165) is 0 Å². The summed E-state index contributed by atoms with van der Waals surface area (Å²) in [6, 6.07) is 131. The van der Waals surface area contributed by atoms with Crippen LogP contribution in [0.5, 0.6) is 0 Å². The summed E-state index contributed by atoms with van der Waals surface area (Å²) >= 11 is 9.46. The normalized spacial score (nSPS) is 11.9. The summed E-state index contributed by atoms with van der Waals surface area (Å²) in [4.78, 5) is 8.31. The van der Waals surface area contributed by atoms with Crippen molar-refractivity contribution in [1.29, 1.82) is 0 Å². The van der Waals surface area contributed by atoms with Gasteiger partial charge in [0.15, 0.2) is 0 Å². The van der Waals surface area contributed by atoms with Gasteiger partial charge < -0.3 is 32.0 Å². The van der Waals surface area contributed by atoms with Gasteiger partial charge in [-0.25, -0.2) is 0 Å². The van der Waals surface area contributed by atoms with Gasteiger partial charge in [0.05, 0.1) is 38.5 Å². The van der Waals surface area contributed by atoms with Crippen molar-refractivity contribution < 1.29 is 0 Å². The van der Waals surface area contributed by atoms with E-state index in [-0.39, 0.29) is 0 Å². The van der Waals surface area contributed by atoms with Crippen LogP contribution in [0.2, 0.25) is 0 Å². The Kier molecular flexibility index (Phi) is 19.3. The monoisotopic (exact) mass is 1800 g/mol. The summed E-state index contributed by atoms with van der Waals surface area (Å²) in [5.41, 5.74) is 18.1. The summed E-state index contributed by atoms with van der Waals surface area (Å²) in [5.74, 6) is 0. The highest BCUT2D eigenvalue weighted by Crippen LogP contribution is 2.48. The molecule has 0 aliphatic heterocycles. The molecule has 0 unspecified atom stereocenters. The highest BCUT2D eigenvalue weighted by Gasteiger charge is 2.22. The maximum absolute atomic E-state index is 4.16. The molecule has 0 aliphatic carbocycles. The zero-order valence-corrected chi connectivity index (χ0v) is 78.1. The summed E-state index contributed by atoms with van der Waals surface area (Å²) in [5, 5.41) is 32.4. The van der Waals surface area contributed by atoms with Crippen molar-refractivity contribution in [3.8, 4) is 0 Å². The van der Waals surface area contributed by atoms with E-state index in [0.29, 0.717) is 0 Å². The van der Waals surface area contributed by atoms with Gasteiger partial charge in [0.1, 0.15) is 0 Å². The topological polar surface area (TPSA) is 60.3 Å². The first kappa shape index (κ1) is 79.9. The number of rotatable bonds is 0. The van der Waals surface area contributed by atoms with Crippen LogP contribution in [0.3, 0.4) is 0 Å². The molecule has 0 saturated carbocycles. The first-order chi connectivity index (χ1) is 65.5. The van der Waals surface area contributed by atoms with Gasteiger partial charge in [0.25, 0.3) is 0 Å². The number of hydrogen-bond acceptors (Lipinski definition) is 7. The van der Waals surface area contributed by atoms with Gasteiger partial charge in [0, 0.05) is 289 Å². The molecule has 0 aliphatic rings. The Bertz CT molecular complexity index is 9870. The van der Waals surface area contributed by atoms with Crippen LogP contribution in [-0.2, 0) is 49.3 Å². The fourth-order valence-corrected chi connectivity index (χ4v) is 27.1. The molecule has 0 N–H and O–H groups in total. The lowest BCUT2D eigenvalue weighted by atomic mass is 10.1. The van der Waals surface area contributed by atoms with Crippen molar-refractivity contribution in [2.75, 3.05) is 0 Å². The fraction of sp³-hybridized carbons (Fsp3) is 0.0588. The van der Waals surface area contributed by atoms with Gasteiger partial charge in [-0.2, -0.15) is 0 Å². The molecule has 0 amide bonds. The van der Waals surface area contributed by atoms with E-state index in [2.05, 4.69) is 455 Å². The van der Waals surface area contributed by atoms with Crippen molar-refractivity contribution in [2.45, 2.75) is 0 Å². The molecule has 31 rings (SSSR count). The first-order valence-electron chi connectivity index (χ1n) is 44.9. The number of benzene rings is 17. The molecule has 0 atom stereocenters. The Balaban J connectivity index is 0.0000000836. The standard InChI is InChI=1S/5C19H13NS.2C12H10N2/c1-20-15-8-4-2-7-14(15)18-16(20)11-10-13-12-6-3-5-9-17(12)21-19(13)18;1-20-16-8-4-2-6-12(16)14-11-19-15(10-17(14)20)13-7-3-5-9-18(13)21-19;1-20-15-8-4-2-6-12(15)13-10-11-17-18(19(13)20)14-7-3-5-9-16(14)21-17;1-20-16-8-4-2-6-12(16)14-10-11-15-13-7-3-5-9-17(13)21-19(15)18(14)20;1-20-14-8-4-2-6-12(14)18-15(20)10-11-17-19(18)13-7-3-5-9-16(13)21-17;1-14-11-5-3-2-4-9(11)10-8-13-7-6-12(10)14;1-14-11-5-3-2-4-9(11)10-6-7-13-8-12(10)14/h5*2-11H,1H3;2*2-8H,1H3. The van der Waals surface area contributed by atoms with Crippen LogP contribution in [0.15, 0.2) is 389 Å². The average Bonchev–Trinajstić information content (AvgIpc) is 1.57. The van der Waals surface area contributed by atoms with Crippen molar-refractivity contribution in [3.63, 3.8) is 0 Å². The number of pyridine rings is 2. The van der Waals surface area contributed by atoms with Crippen LogP contribution in [0.1, 0.15) is 0 Å². The summed E-state index contributed by atoms with van der Waals surface area (Å²) in [6.07, 6.45) is 7.52. The molecule has 133 heavy (non-hydrogen) atoms. The summed E-state index contributed by atoms with van der Waals surface area (Å²) in [7, 11) is 15.0. The smallest absolute Gasteiger partial charge is 0.0675 e. The molecule has 0 saturated heterocycles. The van der Waals surface area contributed by atoms with Gasteiger partial charge >= 0.3 is 0 Å². The molecule has 636 valence electrons. The molecule has 14 heteroatoms. The van der Waals surface area contributed by atoms with Gasteiger partial charge in [-0.3, -0.25) is 9.97 Å².